The molecule has 0 amide bonds. The van der Waals surface area contributed by atoms with Gasteiger partial charge in [-0.05, 0) is 112 Å². The quantitative estimate of drug-likeness (QED) is 0.0884. The topological polar surface area (TPSA) is 36.9 Å². The molecule has 9 atom stereocenters. The second-order valence-corrected chi connectivity index (χ2v) is 17.2. The predicted molar refractivity (Wildman–Crippen MR) is 172 cm³/mol. The number of halogens is 13. The highest BCUT2D eigenvalue weighted by Gasteiger charge is 2.87. The summed E-state index contributed by atoms with van der Waals surface area (Å²) in [6.07, 6.45) is -23.3. The van der Waals surface area contributed by atoms with Crippen LogP contribution in [-0.4, -0.2) is 67.4 Å². The van der Waals surface area contributed by atoms with E-state index < -0.39 is 101 Å². The van der Waals surface area contributed by atoms with E-state index >= 15 is 30.7 Å². The van der Waals surface area contributed by atoms with Gasteiger partial charge in [0.15, 0.2) is 12.6 Å². The highest BCUT2D eigenvalue weighted by atomic mass is 19.4. The molecule has 2 bridgehead atoms. The van der Waals surface area contributed by atoms with Gasteiger partial charge < -0.3 is 18.9 Å². The van der Waals surface area contributed by atoms with Gasteiger partial charge >= 0.3 is 30.4 Å². The normalized spacial score (nSPS) is 33.2. The largest absolute Gasteiger partial charge is 0.456 e. The molecule has 9 unspecified atom stereocenters. The Balaban J connectivity index is 1.87. The lowest BCUT2D eigenvalue weighted by Crippen LogP contribution is -2.73. The van der Waals surface area contributed by atoms with Crippen molar-refractivity contribution in [3.63, 3.8) is 0 Å². The van der Waals surface area contributed by atoms with Crippen molar-refractivity contribution in [3.05, 3.63) is 0 Å². The molecule has 1 aliphatic heterocycles. The summed E-state index contributed by atoms with van der Waals surface area (Å²) in [7, 11) is 0. The summed E-state index contributed by atoms with van der Waals surface area (Å²) in [5.41, 5.74) is -13.4. The first-order chi connectivity index (χ1) is 24.6. The summed E-state index contributed by atoms with van der Waals surface area (Å²) in [5.74, 6) is -16.6. The Bertz CT molecular complexity index is 1260. The van der Waals surface area contributed by atoms with Crippen LogP contribution in [0.2, 0.25) is 0 Å². The number of alkyl halides is 13. The number of hydrogen-bond donors (Lipinski definition) is 0. The molecule has 3 saturated carbocycles. The van der Waals surface area contributed by atoms with E-state index in [1.165, 1.54) is 27.7 Å². The third kappa shape index (κ3) is 7.41. The molecule has 4 rings (SSSR count). The fourth-order valence-electron chi connectivity index (χ4n) is 11.1. The molecule has 0 aromatic heterocycles. The molecule has 318 valence electrons. The third-order valence-electron chi connectivity index (χ3n) is 13.6. The maximum Gasteiger partial charge on any atom is 0.456 e. The molecule has 17 heteroatoms. The molecule has 4 nitrogen and oxygen atoms in total. The summed E-state index contributed by atoms with van der Waals surface area (Å²) in [4.78, 5) is 0. The van der Waals surface area contributed by atoms with E-state index in [0.29, 0.717) is 19.3 Å². The summed E-state index contributed by atoms with van der Waals surface area (Å²) < 4.78 is 218. The van der Waals surface area contributed by atoms with Gasteiger partial charge in [-0.1, -0.05) is 47.5 Å². The molecule has 4 fully saturated rings. The molecule has 54 heavy (non-hydrogen) atoms. The Morgan fingerprint density at radius 3 is 1.91 bits per heavy atom. The van der Waals surface area contributed by atoms with E-state index in [1.54, 1.807) is 6.92 Å². The van der Waals surface area contributed by atoms with E-state index in [4.69, 9.17) is 18.9 Å². The van der Waals surface area contributed by atoms with E-state index in [-0.39, 0.29) is 71.0 Å². The SMILES string of the molecule is CCCCOC(C)OC(C1CC2CCC1(C(C)(C)CC(C)(CC)C1CCCC1(OC1CCCCO1)C(F)(F)C(F)(F)F)C2)(C(F)(F)F)C(F)(F)C(F)(F)F. The maximum absolute atomic E-state index is 16.0. The van der Waals surface area contributed by atoms with Gasteiger partial charge in [0.1, 0.15) is 5.60 Å². The van der Waals surface area contributed by atoms with Crippen molar-refractivity contribution in [3.8, 4) is 0 Å². The van der Waals surface area contributed by atoms with Crippen LogP contribution < -0.4 is 0 Å². The smallest absolute Gasteiger partial charge is 0.353 e. The molecule has 0 aromatic carbocycles. The van der Waals surface area contributed by atoms with Crippen LogP contribution in [0.3, 0.4) is 0 Å². The number of rotatable bonds is 16. The lowest BCUT2D eigenvalue weighted by molar-refractivity contribution is -0.451. The van der Waals surface area contributed by atoms with Crippen molar-refractivity contribution in [2.45, 2.75) is 186 Å². The minimum absolute atomic E-state index is 0.0520. The molecular formula is C37H55F13O4. The first kappa shape index (κ1) is 45.6. The average Bonchev–Trinajstić information content (AvgIpc) is 3.78. The molecule has 1 heterocycles. The van der Waals surface area contributed by atoms with Gasteiger partial charge in [0.2, 0.25) is 5.60 Å². The fourth-order valence-corrected chi connectivity index (χ4v) is 11.1. The molecule has 4 aliphatic rings. The van der Waals surface area contributed by atoms with E-state index in [9.17, 15) is 26.3 Å². The highest BCUT2D eigenvalue weighted by molar-refractivity contribution is 5.21. The van der Waals surface area contributed by atoms with Gasteiger partial charge in [0.05, 0.1) is 0 Å². The first-order valence-electron chi connectivity index (χ1n) is 19.1. The minimum atomic E-state index is -6.72. The lowest BCUT2D eigenvalue weighted by Gasteiger charge is -2.59. The number of ether oxygens (including phenoxy) is 4. The number of fused-ring (bicyclic) bond motifs is 2. The van der Waals surface area contributed by atoms with Crippen LogP contribution in [-0.2, 0) is 18.9 Å². The summed E-state index contributed by atoms with van der Waals surface area (Å²) >= 11 is 0. The Hall–Kier alpha value is -1.07. The van der Waals surface area contributed by atoms with Crippen LogP contribution in [0.25, 0.3) is 0 Å². The molecule has 1 saturated heterocycles. The van der Waals surface area contributed by atoms with Gasteiger partial charge in [-0.15, -0.1) is 0 Å². The van der Waals surface area contributed by atoms with Crippen molar-refractivity contribution in [2.24, 2.45) is 34.0 Å². The highest BCUT2D eigenvalue weighted by Crippen LogP contribution is 2.75. The summed E-state index contributed by atoms with van der Waals surface area (Å²) in [6, 6.07) is 0. The van der Waals surface area contributed by atoms with E-state index in [1.807, 2.05) is 0 Å². The summed E-state index contributed by atoms with van der Waals surface area (Å²) in [6.45, 7) is 8.09. The number of hydrogen-bond acceptors (Lipinski definition) is 4. The van der Waals surface area contributed by atoms with E-state index in [2.05, 4.69) is 0 Å². The summed E-state index contributed by atoms with van der Waals surface area (Å²) in [5, 5.41) is 0. The van der Waals surface area contributed by atoms with Crippen LogP contribution in [0.5, 0.6) is 0 Å². The second kappa shape index (κ2) is 15.3. The maximum atomic E-state index is 16.0. The van der Waals surface area contributed by atoms with Crippen LogP contribution in [0.4, 0.5) is 57.1 Å². The second-order valence-electron chi connectivity index (χ2n) is 17.2. The monoisotopic (exact) mass is 810 g/mol. The average molecular weight is 811 g/mol. The zero-order chi connectivity index (χ0) is 41.0. The van der Waals surface area contributed by atoms with Gasteiger partial charge in [0, 0.05) is 19.1 Å². The third-order valence-corrected chi connectivity index (χ3v) is 13.6. The lowest BCUT2D eigenvalue weighted by atomic mass is 9.49. The van der Waals surface area contributed by atoms with Crippen LogP contribution in [0.15, 0.2) is 0 Å². The van der Waals surface area contributed by atoms with Crippen molar-refractivity contribution in [2.75, 3.05) is 13.2 Å². The minimum Gasteiger partial charge on any atom is -0.353 e. The molecule has 0 radical (unpaired) electrons. The molecule has 0 N–H and O–H groups in total. The van der Waals surface area contributed by atoms with Crippen LogP contribution >= 0.6 is 0 Å². The zero-order valence-corrected chi connectivity index (χ0v) is 31.7. The fraction of sp³-hybridized carbons (Fsp3) is 1.00. The standard InChI is InChI=1S/C37H55F13O4/c1-7-9-18-51-23(3)53-32(35(42,43)44,34(40,41)37(48,49)50)26-20-24-15-17-30(26,21-24)28(4,5)22-29(6,8-2)25-13-12-16-31(25,33(38,39)36(45,46)47)54-27-14-10-11-19-52-27/h23-27H,7-22H2,1-6H3. The van der Waals surface area contributed by atoms with Crippen LogP contribution in [0.1, 0.15) is 131 Å². The van der Waals surface area contributed by atoms with Crippen molar-refractivity contribution in [1.82, 2.24) is 0 Å². The van der Waals surface area contributed by atoms with Gasteiger partial charge in [-0.3, -0.25) is 0 Å². The molecule has 3 aliphatic carbocycles. The van der Waals surface area contributed by atoms with Crippen LogP contribution in [0, 0.1) is 34.0 Å². The molecular weight excluding hydrogens is 755 g/mol. The van der Waals surface area contributed by atoms with Crippen molar-refractivity contribution in [1.29, 1.82) is 0 Å². The van der Waals surface area contributed by atoms with Gasteiger partial charge in [-0.25, -0.2) is 0 Å². The molecule has 0 spiro atoms. The van der Waals surface area contributed by atoms with Crippen molar-refractivity contribution < 1.29 is 76.0 Å². The van der Waals surface area contributed by atoms with Gasteiger partial charge in [-0.2, -0.15) is 57.1 Å². The van der Waals surface area contributed by atoms with Gasteiger partial charge in [0.25, 0.3) is 0 Å². The zero-order valence-electron chi connectivity index (χ0n) is 31.7. The molecule has 0 aromatic rings. The van der Waals surface area contributed by atoms with E-state index in [0.717, 1.165) is 6.92 Å². The Morgan fingerprint density at radius 2 is 1.41 bits per heavy atom. The Labute approximate surface area is 308 Å². The van der Waals surface area contributed by atoms with Crippen molar-refractivity contribution >= 4 is 0 Å². The number of unbranched alkanes of at least 4 members (excludes halogenated alkanes) is 1. The Kier molecular flexibility index (Phi) is 12.9. The predicted octanol–water partition coefficient (Wildman–Crippen LogP) is 12.6. The first-order valence-corrected chi connectivity index (χ1v) is 19.1. The Morgan fingerprint density at radius 1 is 0.759 bits per heavy atom.